The maximum absolute atomic E-state index is 12.2. The van der Waals surface area contributed by atoms with Gasteiger partial charge in [0.05, 0.1) is 0 Å². The van der Waals surface area contributed by atoms with Crippen LogP contribution in [0.3, 0.4) is 0 Å². The van der Waals surface area contributed by atoms with E-state index in [4.69, 9.17) is 0 Å². The summed E-state index contributed by atoms with van der Waals surface area (Å²) in [4.78, 5) is 18.9. The van der Waals surface area contributed by atoms with Crippen LogP contribution < -0.4 is 9.80 Å². The summed E-state index contributed by atoms with van der Waals surface area (Å²) in [6.07, 6.45) is 8.65. The molecule has 2 aliphatic heterocycles. The van der Waals surface area contributed by atoms with Crippen LogP contribution in [0.4, 0.5) is 11.4 Å². The molecular formula is C26H31N3O. The van der Waals surface area contributed by atoms with Crippen LogP contribution in [0.1, 0.15) is 23.1 Å². The highest BCUT2D eigenvalue weighted by Crippen LogP contribution is 2.29. The van der Waals surface area contributed by atoms with Gasteiger partial charge in [0.25, 0.3) is 0 Å². The largest absolute Gasteiger partial charge is 0.374 e. The Hall–Kier alpha value is -3.01. The summed E-state index contributed by atoms with van der Waals surface area (Å²) in [7, 11) is 0. The highest BCUT2D eigenvalue weighted by atomic mass is 16.2. The Morgan fingerprint density at radius 1 is 1.03 bits per heavy atom. The Morgan fingerprint density at radius 3 is 2.63 bits per heavy atom. The summed E-state index contributed by atoms with van der Waals surface area (Å²) in [5.74, 6) is 0.194. The van der Waals surface area contributed by atoms with E-state index in [1.165, 1.54) is 22.4 Å². The molecule has 0 bridgehead atoms. The average molecular weight is 402 g/mol. The second-order valence-electron chi connectivity index (χ2n) is 8.21. The van der Waals surface area contributed by atoms with Crippen LogP contribution in [0.2, 0.25) is 0 Å². The molecule has 0 spiro atoms. The zero-order valence-electron chi connectivity index (χ0n) is 17.9. The van der Waals surface area contributed by atoms with Crippen molar-refractivity contribution in [1.82, 2.24) is 4.90 Å². The molecule has 2 heterocycles. The minimum atomic E-state index is 0.194. The molecule has 2 aromatic carbocycles. The number of hydrogen-bond donors (Lipinski definition) is 0. The Labute approximate surface area is 180 Å². The maximum atomic E-state index is 12.2. The number of allylic oxidation sites excluding steroid dienone is 1. The van der Waals surface area contributed by atoms with Gasteiger partial charge in [-0.1, -0.05) is 36.4 Å². The van der Waals surface area contributed by atoms with Crippen LogP contribution in [0.5, 0.6) is 0 Å². The van der Waals surface area contributed by atoms with Crippen LogP contribution in [-0.2, 0) is 17.6 Å². The van der Waals surface area contributed by atoms with Gasteiger partial charge in [0, 0.05) is 50.5 Å². The number of anilines is 2. The van der Waals surface area contributed by atoms with Gasteiger partial charge in [0.15, 0.2) is 0 Å². The van der Waals surface area contributed by atoms with Crippen molar-refractivity contribution < 1.29 is 4.79 Å². The Morgan fingerprint density at radius 2 is 1.87 bits per heavy atom. The third kappa shape index (κ3) is 4.59. The fourth-order valence-corrected chi connectivity index (χ4v) is 4.36. The van der Waals surface area contributed by atoms with Crippen molar-refractivity contribution in [1.29, 1.82) is 0 Å². The number of benzene rings is 2. The predicted molar refractivity (Wildman–Crippen MR) is 125 cm³/mol. The van der Waals surface area contributed by atoms with Gasteiger partial charge in [-0.15, -0.1) is 6.58 Å². The van der Waals surface area contributed by atoms with Crippen molar-refractivity contribution >= 4 is 17.3 Å². The monoisotopic (exact) mass is 401 g/mol. The first kappa shape index (κ1) is 20.3. The lowest BCUT2D eigenvalue weighted by Crippen LogP contribution is -2.44. The highest BCUT2D eigenvalue weighted by Gasteiger charge is 2.23. The lowest BCUT2D eigenvalue weighted by molar-refractivity contribution is -0.118. The SMILES string of the molecule is C=CCN1C(=O)CCc2cc(CC=CN3CCN(c4cccc(C)c4)CC3)ccc21. The van der Waals surface area contributed by atoms with Crippen molar-refractivity contribution in [2.24, 2.45) is 0 Å². The molecule has 0 N–H and O–H groups in total. The van der Waals surface area contributed by atoms with Crippen molar-refractivity contribution in [3.8, 4) is 0 Å². The quantitative estimate of drug-likeness (QED) is 0.674. The molecule has 4 nitrogen and oxygen atoms in total. The predicted octanol–water partition coefficient (Wildman–Crippen LogP) is 4.34. The van der Waals surface area contributed by atoms with Crippen LogP contribution >= 0.6 is 0 Å². The Bertz CT molecular complexity index is 941. The van der Waals surface area contributed by atoms with Gasteiger partial charge in [-0.2, -0.15) is 0 Å². The molecular weight excluding hydrogens is 370 g/mol. The van der Waals surface area contributed by atoms with Gasteiger partial charge in [-0.05, 0) is 60.9 Å². The fraction of sp³-hybridized carbons (Fsp3) is 0.346. The van der Waals surface area contributed by atoms with Gasteiger partial charge in [0.1, 0.15) is 0 Å². The fourth-order valence-electron chi connectivity index (χ4n) is 4.36. The molecule has 1 saturated heterocycles. The van der Waals surface area contributed by atoms with Crippen LogP contribution in [0, 0.1) is 6.92 Å². The summed E-state index contributed by atoms with van der Waals surface area (Å²) >= 11 is 0. The topological polar surface area (TPSA) is 26.8 Å². The molecule has 0 radical (unpaired) electrons. The summed E-state index contributed by atoms with van der Waals surface area (Å²) in [5, 5.41) is 0. The molecule has 1 fully saturated rings. The van der Waals surface area contributed by atoms with E-state index in [9.17, 15) is 4.79 Å². The summed E-state index contributed by atoms with van der Waals surface area (Å²) < 4.78 is 0. The molecule has 2 aliphatic rings. The number of aryl methyl sites for hydroxylation is 2. The van der Waals surface area contributed by atoms with Crippen LogP contribution in [0.15, 0.2) is 67.4 Å². The highest BCUT2D eigenvalue weighted by molar-refractivity contribution is 5.96. The number of carbonyl (C=O) groups is 1. The number of carbonyl (C=O) groups excluding carboxylic acids is 1. The number of fused-ring (bicyclic) bond motifs is 1. The molecule has 0 aromatic heterocycles. The van der Waals surface area contributed by atoms with E-state index in [1.807, 2.05) is 4.90 Å². The van der Waals surface area contributed by atoms with Gasteiger partial charge in [-0.25, -0.2) is 0 Å². The van der Waals surface area contributed by atoms with E-state index in [0.717, 1.165) is 44.7 Å². The smallest absolute Gasteiger partial charge is 0.227 e. The van der Waals surface area contributed by atoms with Gasteiger partial charge in [-0.3, -0.25) is 4.79 Å². The lowest BCUT2D eigenvalue weighted by atomic mass is 9.97. The molecule has 156 valence electrons. The average Bonchev–Trinajstić information content (AvgIpc) is 2.76. The Kier molecular flexibility index (Phi) is 6.22. The molecule has 1 amide bonds. The van der Waals surface area contributed by atoms with Crippen molar-refractivity contribution in [3.05, 3.63) is 84.1 Å². The number of nitrogens with zero attached hydrogens (tertiary/aromatic N) is 3. The summed E-state index contributed by atoms with van der Waals surface area (Å²) in [5.41, 5.74) is 6.27. The van der Waals surface area contributed by atoms with E-state index in [2.05, 4.69) is 78.0 Å². The third-order valence-electron chi connectivity index (χ3n) is 6.01. The third-order valence-corrected chi connectivity index (χ3v) is 6.01. The van der Waals surface area contributed by atoms with E-state index in [1.54, 1.807) is 6.08 Å². The van der Waals surface area contributed by atoms with E-state index in [-0.39, 0.29) is 5.91 Å². The molecule has 0 atom stereocenters. The zero-order valence-corrected chi connectivity index (χ0v) is 17.9. The maximum Gasteiger partial charge on any atom is 0.227 e. The number of hydrogen-bond acceptors (Lipinski definition) is 3. The van der Waals surface area contributed by atoms with E-state index >= 15 is 0 Å². The summed E-state index contributed by atoms with van der Waals surface area (Å²) in [6, 6.07) is 15.3. The molecule has 4 rings (SSSR count). The summed E-state index contributed by atoms with van der Waals surface area (Å²) in [6.45, 7) is 10.7. The first-order valence-corrected chi connectivity index (χ1v) is 10.9. The van der Waals surface area contributed by atoms with Gasteiger partial charge < -0.3 is 14.7 Å². The normalized spacial score (nSPS) is 16.8. The van der Waals surface area contributed by atoms with Crippen molar-refractivity contribution in [2.75, 3.05) is 42.5 Å². The second-order valence-corrected chi connectivity index (χ2v) is 8.21. The van der Waals surface area contributed by atoms with Crippen LogP contribution in [-0.4, -0.2) is 43.5 Å². The number of piperazine rings is 1. The van der Waals surface area contributed by atoms with E-state index in [0.29, 0.717) is 13.0 Å². The number of rotatable bonds is 6. The zero-order chi connectivity index (χ0) is 20.9. The Balaban J connectivity index is 1.32. The molecule has 0 aliphatic carbocycles. The first-order chi connectivity index (χ1) is 14.6. The standard InChI is InChI=1S/C26H31N3O/c1-3-13-29-25-11-9-22(20-23(25)10-12-26(29)30)7-5-14-27-15-17-28(18-16-27)24-8-4-6-21(2)19-24/h3-6,8-9,11,14,19-20H,1,7,10,12-13,15-18H2,2H3. The first-order valence-electron chi connectivity index (χ1n) is 10.9. The molecule has 0 unspecified atom stereocenters. The van der Waals surface area contributed by atoms with E-state index < -0.39 is 0 Å². The van der Waals surface area contributed by atoms with Crippen molar-refractivity contribution in [3.63, 3.8) is 0 Å². The van der Waals surface area contributed by atoms with Crippen molar-refractivity contribution in [2.45, 2.75) is 26.2 Å². The molecule has 2 aromatic rings. The molecule has 4 heteroatoms. The minimum Gasteiger partial charge on any atom is -0.374 e. The van der Waals surface area contributed by atoms with Crippen LogP contribution in [0.25, 0.3) is 0 Å². The van der Waals surface area contributed by atoms with Gasteiger partial charge >= 0.3 is 0 Å². The minimum absolute atomic E-state index is 0.194. The second kappa shape index (κ2) is 9.21. The lowest BCUT2D eigenvalue weighted by Gasteiger charge is -2.35. The molecule has 30 heavy (non-hydrogen) atoms. The van der Waals surface area contributed by atoms with Gasteiger partial charge in [0.2, 0.25) is 5.91 Å². The number of amides is 1. The molecule has 0 saturated carbocycles.